The summed E-state index contributed by atoms with van der Waals surface area (Å²) < 4.78 is 0. The molecular formula is C18H17N3. The molecular weight excluding hydrogens is 258 g/mol. The zero-order valence-electron chi connectivity index (χ0n) is 11.7. The van der Waals surface area contributed by atoms with E-state index in [4.69, 9.17) is 5.73 Å². The number of aryl methyl sites for hydroxylation is 1. The van der Waals surface area contributed by atoms with Crippen molar-refractivity contribution in [2.24, 2.45) is 0 Å². The van der Waals surface area contributed by atoms with E-state index < -0.39 is 0 Å². The minimum atomic E-state index is 0.361. The quantitative estimate of drug-likeness (QED) is 0.697. The minimum Gasteiger partial charge on any atom is -0.399 e. The van der Waals surface area contributed by atoms with Gasteiger partial charge in [0, 0.05) is 11.1 Å². The lowest BCUT2D eigenvalue weighted by molar-refractivity contribution is 0.758. The lowest BCUT2D eigenvalue weighted by Crippen LogP contribution is -2.08. The molecule has 0 amide bonds. The monoisotopic (exact) mass is 275 g/mol. The van der Waals surface area contributed by atoms with E-state index in [1.54, 1.807) is 0 Å². The summed E-state index contributed by atoms with van der Waals surface area (Å²) in [6.07, 6.45) is 2.26. The fourth-order valence-corrected chi connectivity index (χ4v) is 3.11. The Morgan fingerprint density at radius 3 is 2.90 bits per heavy atom. The molecule has 0 saturated heterocycles. The van der Waals surface area contributed by atoms with E-state index in [1.807, 2.05) is 24.3 Å². The van der Waals surface area contributed by atoms with Crippen LogP contribution in [0.25, 0.3) is 10.9 Å². The molecule has 0 aliphatic heterocycles. The lowest BCUT2D eigenvalue weighted by Gasteiger charge is -2.15. The van der Waals surface area contributed by atoms with Gasteiger partial charge in [-0.05, 0) is 54.3 Å². The van der Waals surface area contributed by atoms with E-state index in [0.29, 0.717) is 6.04 Å². The topological polar surface area (TPSA) is 50.9 Å². The Kier molecular flexibility index (Phi) is 2.78. The predicted molar refractivity (Wildman–Crippen MR) is 87.3 cm³/mol. The van der Waals surface area contributed by atoms with Gasteiger partial charge >= 0.3 is 0 Å². The second-order valence-corrected chi connectivity index (χ2v) is 5.58. The number of aromatic nitrogens is 1. The van der Waals surface area contributed by atoms with Crippen LogP contribution in [-0.4, -0.2) is 4.98 Å². The van der Waals surface area contributed by atoms with Crippen LogP contribution in [0, 0.1) is 0 Å². The summed E-state index contributed by atoms with van der Waals surface area (Å²) in [5.74, 6) is 0.925. The molecule has 2 aromatic carbocycles. The van der Waals surface area contributed by atoms with Crippen LogP contribution in [0.3, 0.4) is 0 Å². The maximum absolute atomic E-state index is 5.80. The van der Waals surface area contributed by atoms with Gasteiger partial charge in [0.15, 0.2) is 0 Å². The molecule has 0 radical (unpaired) electrons. The van der Waals surface area contributed by atoms with E-state index in [9.17, 15) is 0 Å². The number of nitrogens with zero attached hydrogens (tertiary/aromatic N) is 1. The summed E-state index contributed by atoms with van der Waals surface area (Å²) >= 11 is 0. The number of nitrogens with two attached hydrogens (primary N) is 1. The van der Waals surface area contributed by atoms with Crippen molar-refractivity contribution in [2.45, 2.75) is 18.9 Å². The first kappa shape index (κ1) is 12.2. The third-order valence-corrected chi connectivity index (χ3v) is 4.17. The first-order valence-corrected chi connectivity index (χ1v) is 7.30. The van der Waals surface area contributed by atoms with Gasteiger partial charge < -0.3 is 11.1 Å². The number of hydrogen-bond donors (Lipinski definition) is 2. The van der Waals surface area contributed by atoms with Gasteiger partial charge in [-0.1, -0.05) is 24.3 Å². The van der Waals surface area contributed by atoms with Gasteiger partial charge in [0.2, 0.25) is 0 Å². The number of nitrogen functional groups attached to an aromatic ring is 1. The normalized spacial score (nSPS) is 16.9. The van der Waals surface area contributed by atoms with Crippen LogP contribution >= 0.6 is 0 Å². The van der Waals surface area contributed by atoms with Gasteiger partial charge in [-0.25, -0.2) is 4.98 Å². The molecule has 1 aliphatic carbocycles. The lowest BCUT2D eigenvalue weighted by atomic mass is 10.1. The summed E-state index contributed by atoms with van der Waals surface area (Å²) in [5, 5.41) is 4.64. The van der Waals surface area contributed by atoms with Crippen molar-refractivity contribution in [3.05, 3.63) is 65.7 Å². The average Bonchev–Trinajstić information content (AvgIpc) is 2.91. The van der Waals surface area contributed by atoms with Crippen LogP contribution in [0.1, 0.15) is 23.6 Å². The molecule has 3 nitrogen and oxygen atoms in total. The second-order valence-electron chi connectivity index (χ2n) is 5.58. The summed E-state index contributed by atoms with van der Waals surface area (Å²) in [7, 11) is 0. The van der Waals surface area contributed by atoms with Crippen LogP contribution in [0.4, 0.5) is 11.5 Å². The van der Waals surface area contributed by atoms with Crippen LogP contribution in [0.2, 0.25) is 0 Å². The SMILES string of the molecule is Nc1ccc2nc(NC3CCc4ccccc43)ccc2c1. The first-order chi connectivity index (χ1) is 10.3. The second kappa shape index (κ2) is 4.77. The van der Waals surface area contributed by atoms with Crippen molar-refractivity contribution in [1.82, 2.24) is 4.98 Å². The highest BCUT2D eigenvalue weighted by atomic mass is 15.0. The molecule has 1 heterocycles. The van der Waals surface area contributed by atoms with Gasteiger partial charge in [0.05, 0.1) is 11.6 Å². The van der Waals surface area contributed by atoms with Crippen LogP contribution in [-0.2, 0) is 6.42 Å². The standard InChI is InChI=1S/C18H17N3/c19-14-7-9-16-13(11-14)6-10-18(20-16)21-17-8-5-12-3-1-2-4-15(12)17/h1-4,6-7,9-11,17H,5,8,19H2,(H,20,21). The molecule has 1 unspecified atom stereocenters. The minimum absolute atomic E-state index is 0.361. The molecule has 0 saturated carbocycles. The molecule has 0 fully saturated rings. The van der Waals surface area contributed by atoms with Gasteiger partial charge in [0.25, 0.3) is 0 Å². The highest BCUT2D eigenvalue weighted by molar-refractivity contribution is 5.83. The fraction of sp³-hybridized carbons (Fsp3) is 0.167. The molecule has 1 atom stereocenters. The fourth-order valence-electron chi connectivity index (χ4n) is 3.11. The zero-order chi connectivity index (χ0) is 14.2. The van der Waals surface area contributed by atoms with Gasteiger partial charge in [-0.3, -0.25) is 0 Å². The summed E-state index contributed by atoms with van der Waals surface area (Å²) in [4.78, 5) is 4.69. The van der Waals surface area contributed by atoms with E-state index in [-0.39, 0.29) is 0 Å². The Labute approximate surface area is 123 Å². The Morgan fingerprint density at radius 2 is 1.95 bits per heavy atom. The Bertz CT molecular complexity index is 810. The number of hydrogen-bond acceptors (Lipinski definition) is 3. The zero-order valence-corrected chi connectivity index (χ0v) is 11.7. The van der Waals surface area contributed by atoms with E-state index >= 15 is 0 Å². The Morgan fingerprint density at radius 1 is 1.05 bits per heavy atom. The first-order valence-electron chi connectivity index (χ1n) is 7.30. The highest BCUT2D eigenvalue weighted by Gasteiger charge is 2.21. The number of rotatable bonds is 2. The third-order valence-electron chi connectivity index (χ3n) is 4.17. The largest absolute Gasteiger partial charge is 0.399 e. The van der Waals surface area contributed by atoms with Crippen molar-refractivity contribution in [3.8, 4) is 0 Å². The molecule has 104 valence electrons. The van der Waals surface area contributed by atoms with E-state index in [1.165, 1.54) is 11.1 Å². The number of benzene rings is 2. The van der Waals surface area contributed by atoms with Crippen molar-refractivity contribution >= 4 is 22.4 Å². The van der Waals surface area contributed by atoms with E-state index in [2.05, 4.69) is 40.6 Å². The number of pyridine rings is 1. The summed E-state index contributed by atoms with van der Waals surface area (Å²) in [5.41, 5.74) is 10.4. The van der Waals surface area contributed by atoms with Gasteiger partial charge in [-0.15, -0.1) is 0 Å². The van der Waals surface area contributed by atoms with Crippen molar-refractivity contribution in [2.75, 3.05) is 11.1 Å². The molecule has 0 bridgehead atoms. The van der Waals surface area contributed by atoms with Crippen molar-refractivity contribution in [3.63, 3.8) is 0 Å². The highest BCUT2D eigenvalue weighted by Crippen LogP contribution is 2.33. The molecule has 4 rings (SSSR count). The third kappa shape index (κ3) is 2.21. The van der Waals surface area contributed by atoms with Crippen LogP contribution < -0.4 is 11.1 Å². The number of anilines is 2. The van der Waals surface area contributed by atoms with E-state index in [0.717, 1.165) is 35.2 Å². The number of fused-ring (bicyclic) bond motifs is 2. The van der Waals surface area contributed by atoms with Crippen molar-refractivity contribution < 1.29 is 0 Å². The van der Waals surface area contributed by atoms with Gasteiger partial charge in [-0.2, -0.15) is 0 Å². The van der Waals surface area contributed by atoms with Gasteiger partial charge in [0.1, 0.15) is 5.82 Å². The molecule has 3 heteroatoms. The molecule has 21 heavy (non-hydrogen) atoms. The maximum Gasteiger partial charge on any atom is 0.127 e. The van der Waals surface area contributed by atoms with Crippen LogP contribution in [0.15, 0.2) is 54.6 Å². The summed E-state index contributed by atoms with van der Waals surface area (Å²) in [6, 6.07) is 18.9. The molecule has 1 aliphatic rings. The maximum atomic E-state index is 5.80. The molecule has 1 aromatic heterocycles. The number of nitrogens with one attached hydrogen (secondary N) is 1. The molecule has 3 N–H and O–H groups in total. The smallest absolute Gasteiger partial charge is 0.127 e. The Hall–Kier alpha value is -2.55. The summed E-state index contributed by atoms with van der Waals surface area (Å²) in [6.45, 7) is 0. The average molecular weight is 275 g/mol. The van der Waals surface area contributed by atoms with Crippen LogP contribution in [0.5, 0.6) is 0 Å². The Balaban J connectivity index is 1.65. The predicted octanol–water partition coefficient (Wildman–Crippen LogP) is 3.92. The molecule has 0 spiro atoms. The molecule has 3 aromatic rings. The van der Waals surface area contributed by atoms with Crippen molar-refractivity contribution in [1.29, 1.82) is 0 Å².